The summed E-state index contributed by atoms with van der Waals surface area (Å²) in [5.41, 5.74) is 5.88. The van der Waals surface area contributed by atoms with Gasteiger partial charge in [0, 0.05) is 43.2 Å². The SMILES string of the molecule is C[C@@H](CC(=O)NCCN)NCc1ccc(Cl)c(C(=O)c2ccccc2)c1F. The Labute approximate surface area is 163 Å². The molecule has 144 valence electrons. The number of ketones is 1. The quantitative estimate of drug-likeness (QED) is 0.574. The second-order valence-electron chi connectivity index (χ2n) is 6.22. The molecule has 0 fully saturated rings. The third-order valence-corrected chi connectivity index (χ3v) is 4.35. The largest absolute Gasteiger partial charge is 0.355 e. The summed E-state index contributed by atoms with van der Waals surface area (Å²) in [5.74, 6) is -1.24. The van der Waals surface area contributed by atoms with Gasteiger partial charge in [0.15, 0.2) is 5.78 Å². The van der Waals surface area contributed by atoms with E-state index in [4.69, 9.17) is 17.3 Å². The fourth-order valence-electron chi connectivity index (χ4n) is 2.59. The maximum absolute atomic E-state index is 14.9. The predicted molar refractivity (Wildman–Crippen MR) is 104 cm³/mol. The number of rotatable bonds is 9. The van der Waals surface area contributed by atoms with Crippen LogP contribution >= 0.6 is 11.6 Å². The van der Waals surface area contributed by atoms with Crippen molar-refractivity contribution in [2.75, 3.05) is 13.1 Å². The summed E-state index contributed by atoms with van der Waals surface area (Å²) in [6.45, 7) is 2.79. The number of amides is 1. The minimum Gasteiger partial charge on any atom is -0.355 e. The van der Waals surface area contributed by atoms with Gasteiger partial charge in [-0.15, -0.1) is 0 Å². The van der Waals surface area contributed by atoms with Gasteiger partial charge in [-0.2, -0.15) is 0 Å². The number of benzene rings is 2. The van der Waals surface area contributed by atoms with E-state index in [-0.39, 0.29) is 35.5 Å². The molecule has 0 aliphatic heterocycles. The fourth-order valence-corrected chi connectivity index (χ4v) is 2.82. The first-order valence-electron chi connectivity index (χ1n) is 8.70. The molecule has 7 heteroatoms. The van der Waals surface area contributed by atoms with E-state index in [9.17, 15) is 14.0 Å². The Bertz CT molecular complexity index is 799. The number of carbonyl (C=O) groups excluding carboxylic acids is 2. The van der Waals surface area contributed by atoms with Crippen molar-refractivity contribution in [2.45, 2.75) is 25.9 Å². The van der Waals surface area contributed by atoms with E-state index < -0.39 is 11.6 Å². The van der Waals surface area contributed by atoms with Crippen molar-refractivity contribution in [2.24, 2.45) is 5.73 Å². The van der Waals surface area contributed by atoms with Crippen molar-refractivity contribution >= 4 is 23.3 Å². The van der Waals surface area contributed by atoms with Gasteiger partial charge in [-0.1, -0.05) is 48.0 Å². The molecule has 0 saturated carbocycles. The van der Waals surface area contributed by atoms with Crippen LogP contribution in [-0.2, 0) is 11.3 Å². The Hall–Kier alpha value is -2.28. The average Bonchev–Trinajstić information content (AvgIpc) is 2.66. The lowest BCUT2D eigenvalue weighted by atomic mass is 10.00. The molecule has 2 aromatic rings. The van der Waals surface area contributed by atoms with Crippen LogP contribution in [0, 0.1) is 5.82 Å². The lowest BCUT2D eigenvalue weighted by Crippen LogP contribution is -2.35. The van der Waals surface area contributed by atoms with Gasteiger partial charge in [-0.3, -0.25) is 9.59 Å². The molecule has 2 aromatic carbocycles. The zero-order valence-corrected chi connectivity index (χ0v) is 15.9. The first kappa shape index (κ1) is 21.0. The molecule has 0 unspecified atom stereocenters. The molecule has 0 heterocycles. The summed E-state index contributed by atoms with van der Waals surface area (Å²) in [5, 5.41) is 5.84. The number of hydrogen-bond acceptors (Lipinski definition) is 4. The minimum absolute atomic E-state index is 0.0688. The van der Waals surface area contributed by atoms with Crippen LogP contribution in [0.2, 0.25) is 5.02 Å². The number of halogens is 2. The maximum Gasteiger partial charge on any atom is 0.221 e. The average molecular weight is 392 g/mol. The summed E-state index contributed by atoms with van der Waals surface area (Å²) >= 11 is 6.08. The van der Waals surface area contributed by atoms with Gasteiger partial charge < -0.3 is 16.4 Å². The number of hydrogen-bond donors (Lipinski definition) is 3. The molecule has 0 aliphatic carbocycles. The highest BCUT2D eigenvalue weighted by molar-refractivity contribution is 6.35. The van der Waals surface area contributed by atoms with Crippen molar-refractivity contribution < 1.29 is 14.0 Å². The van der Waals surface area contributed by atoms with Crippen LogP contribution in [-0.4, -0.2) is 30.8 Å². The Kier molecular flexibility index (Phi) is 7.91. The van der Waals surface area contributed by atoms with Crippen molar-refractivity contribution in [1.29, 1.82) is 0 Å². The second kappa shape index (κ2) is 10.2. The summed E-state index contributed by atoms with van der Waals surface area (Å²) in [6.07, 6.45) is 0.241. The van der Waals surface area contributed by atoms with Gasteiger partial charge >= 0.3 is 0 Å². The third kappa shape index (κ3) is 5.85. The first-order chi connectivity index (χ1) is 12.9. The van der Waals surface area contributed by atoms with Gasteiger partial charge in [0.2, 0.25) is 5.91 Å². The van der Waals surface area contributed by atoms with Gasteiger partial charge in [0.25, 0.3) is 0 Å². The molecule has 0 aliphatic rings. The number of nitrogens with two attached hydrogens (primary N) is 1. The molecule has 5 nitrogen and oxygen atoms in total. The third-order valence-electron chi connectivity index (χ3n) is 4.03. The molecular weight excluding hydrogens is 369 g/mol. The van der Waals surface area contributed by atoms with Crippen LogP contribution in [0.4, 0.5) is 4.39 Å². The molecule has 4 N–H and O–H groups in total. The van der Waals surface area contributed by atoms with Crippen molar-refractivity contribution in [3.63, 3.8) is 0 Å². The standard InChI is InChI=1S/C20H23ClFN3O2/c1-13(11-17(26)24-10-9-23)25-12-15-7-8-16(21)18(19(15)22)20(27)14-5-3-2-4-6-14/h2-8,13,25H,9-12,23H2,1H3,(H,24,26)/t13-/m0/s1. The fraction of sp³-hybridized carbons (Fsp3) is 0.300. The smallest absolute Gasteiger partial charge is 0.221 e. The van der Waals surface area contributed by atoms with E-state index in [1.54, 1.807) is 30.3 Å². The molecule has 0 aromatic heterocycles. The minimum atomic E-state index is -0.649. The molecule has 1 amide bonds. The highest BCUT2D eigenvalue weighted by Gasteiger charge is 2.21. The highest BCUT2D eigenvalue weighted by atomic mass is 35.5. The molecule has 0 spiro atoms. The Balaban J connectivity index is 2.08. The lowest BCUT2D eigenvalue weighted by molar-refractivity contribution is -0.121. The van der Waals surface area contributed by atoms with Crippen LogP contribution in [0.25, 0.3) is 0 Å². The monoisotopic (exact) mass is 391 g/mol. The van der Waals surface area contributed by atoms with Crippen molar-refractivity contribution in [3.8, 4) is 0 Å². The molecule has 1 atom stereocenters. The normalized spacial score (nSPS) is 11.9. The summed E-state index contributed by atoms with van der Waals surface area (Å²) in [6, 6.07) is 11.3. The highest BCUT2D eigenvalue weighted by Crippen LogP contribution is 2.25. The van der Waals surface area contributed by atoms with E-state index in [2.05, 4.69) is 10.6 Å². The summed E-state index contributed by atoms with van der Waals surface area (Å²) in [4.78, 5) is 24.3. The molecule has 2 rings (SSSR count). The Morgan fingerprint density at radius 1 is 1.19 bits per heavy atom. The van der Waals surface area contributed by atoms with Gasteiger partial charge in [0.05, 0.1) is 10.6 Å². The lowest BCUT2D eigenvalue weighted by Gasteiger charge is -2.15. The predicted octanol–water partition coefficient (Wildman–Crippen LogP) is 2.65. The van der Waals surface area contributed by atoms with Crippen LogP contribution in [0.5, 0.6) is 0 Å². The molecule has 0 saturated heterocycles. The van der Waals surface area contributed by atoms with Gasteiger partial charge in [-0.25, -0.2) is 4.39 Å². The number of nitrogens with one attached hydrogen (secondary N) is 2. The van der Waals surface area contributed by atoms with Crippen LogP contribution in [0.3, 0.4) is 0 Å². The van der Waals surface area contributed by atoms with E-state index in [0.29, 0.717) is 24.2 Å². The van der Waals surface area contributed by atoms with E-state index in [1.165, 1.54) is 12.1 Å². The van der Waals surface area contributed by atoms with Crippen molar-refractivity contribution in [1.82, 2.24) is 10.6 Å². The van der Waals surface area contributed by atoms with Gasteiger partial charge in [0.1, 0.15) is 5.82 Å². The Morgan fingerprint density at radius 2 is 1.89 bits per heavy atom. The molecule has 0 radical (unpaired) electrons. The Morgan fingerprint density at radius 3 is 2.56 bits per heavy atom. The second-order valence-corrected chi connectivity index (χ2v) is 6.62. The topological polar surface area (TPSA) is 84.2 Å². The number of carbonyl (C=O) groups is 2. The molecule has 27 heavy (non-hydrogen) atoms. The van der Waals surface area contributed by atoms with E-state index >= 15 is 0 Å². The van der Waals surface area contributed by atoms with E-state index in [1.807, 2.05) is 6.92 Å². The first-order valence-corrected chi connectivity index (χ1v) is 9.08. The molecular formula is C20H23ClFN3O2. The zero-order valence-electron chi connectivity index (χ0n) is 15.1. The van der Waals surface area contributed by atoms with Gasteiger partial charge in [-0.05, 0) is 13.0 Å². The molecule has 0 bridgehead atoms. The van der Waals surface area contributed by atoms with Crippen LogP contribution in [0.1, 0.15) is 34.8 Å². The van der Waals surface area contributed by atoms with Crippen LogP contribution in [0.15, 0.2) is 42.5 Å². The van der Waals surface area contributed by atoms with E-state index in [0.717, 1.165) is 0 Å². The summed E-state index contributed by atoms with van der Waals surface area (Å²) < 4.78 is 14.9. The summed E-state index contributed by atoms with van der Waals surface area (Å²) in [7, 11) is 0. The van der Waals surface area contributed by atoms with Crippen molar-refractivity contribution in [3.05, 3.63) is 70.0 Å². The van der Waals surface area contributed by atoms with Crippen LogP contribution < -0.4 is 16.4 Å². The zero-order chi connectivity index (χ0) is 19.8. The maximum atomic E-state index is 14.9.